The summed E-state index contributed by atoms with van der Waals surface area (Å²) in [5, 5.41) is 14.2. The molecule has 27 heavy (non-hydrogen) atoms. The van der Waals surface area contributed by atoms with Crippen LogP contribution in [0.2, 0.25) is 0 Å². The molecule has 0 unspecified atom stereocenters. The number of hydrogen-bond donors (Lipinski definition) is 1. The second-order valence-corrected chi connectivity index (χ2v) is 5.81. The number of hydrogen-bond acceptors (Lipinski definition) is 5. The van der Waals surface area contributed by atoms with Crippen LogP contribution in [0.1, 0.15) is 21.5 Å². The van der Waals surface area contributed by atoms with Gasteiger partial charge in [0.05, 0.1) is 17.9 Å². The fourth-order valence-corrected chi connectivity index (χ4v) is 2.73. The molecule has 0 bridgehead atoms. The van der Waals surface area contributed by atoms with E-state index in [2.05, 4.69) is 10.3 Å². The predicted octanol–water partition coefficient (Wildman–Crippen LogP) is 2.86. The maximum atomic E-state index is 12.5. The number of methoxy groups -OCH3 is 1. The third-order valence-corrected chi connectivity index (χ3v) is 4.07. The van der Waals surface area contributed by atoms with Gasteiger partial charge in [-0.2, -0.15) is 0 Å². The maximum absolute atomic E-state index is 12.5. The van der Waals surface area contributed by atoms with Crippen LogP contribution < -0.4 is 5.32 Å². The molecule has 0 fully saturated rings. The minimum atomic E-state index is -0.514. The number of nitro benzene ring substituents is 1. The van der Waals surface area contributed by atoms with E-state index >= 15 is 0 Å². The molecule has 2 aromatic carbocycles. The molecule has 1 amide bonds. The summed E-state index contributed by atoms with van der Waals surface area (Å²) in [7, 11) is 1.61. The van der Waals surface area contributed by atoms with E-state index in [4.69, 9.17) is 4.74 Å². The summed E-state index contributed by atoms with van der Waals surface area (Å²) in [5.41, 5.74) is 2.30. The average Bonchev–Trinajstić information content (AvgIpc) is 3.21. The van der Waals surface area contributed by atoms with Crippen molar-refractivity contribution in [2.75, 3.05) is 7.11 Å². The van der Waals surface area contributed by atoms with Gasteiger partial charge in [-0.3, -0.25) is 14.9 Å². The van der Waals surface area contributed by atoms with Crippen LogP contribution in [0.5, 0.6) is 0 Å². The van der Waals surface area contributed by atoms with E-state index in [0.29, 0.717) is 18.8 Å². The zero-order chi connectivity index (χ0) is 19.2. The van der Waals surface area contributed by atoms with Crippen LogP contribution in [0.15, 0.2) is 61.2 Å². The topological polar surface area (TPSA) is 99.3 Å². The molecule has 1 aromatic heterocycles. The summed E-state index contributed by atoms with van der Waals surface area (Å²) >= 11 is 0. The molecular weight excluding hydrogens is 348 g/mol. The Bertz CT molecular complexity index is 954. The monoisotopic (exact) mass is 366 g/mol. The zero-order valence-corrected chi connectivity index (χ0v) is 14.7. The lowest BCUT2D eigenvalue weighted by Crippen LogP contribution is -2.23. The molecule has 0 spiro atoms. The number of benzene rings is 2. The Kier molecular flexibility index (Phi) is 5.58. The van der Waals surface area contributed by atoms with Crippen LogP contribution in [0.3, 0.4) is 0 Å². The number of amides is 1. The van der Waals surface area contributed by atoms with Gasteiger partial charge in [0.15, 0.2) is 0 Å². The van der Waals surface area contributed by atoms with E-state index in [1.807, 2.05) is 24.3 Å². The number of carbonyl (C=O) groups excluding carboxylic acids is 1. The number of nitrogens with one attached hydrogen (secondary N) is 1. The first-order valence-electron chi connectivity index (χ1n) is 8.21. The first-order chi connectivity index (χ1) is 13.1. The summed E-state index contributed by atoms with van der Waals surface area (Å²) < 4.78 is 6.68. The lowest BCUT2D eigenvalue weighted by molar-refractivity contribution is -0.384. The molecule has 0 atom stereocenters. The SMILES string of the molecule is COCc1ccccc1CNC(=O)c1ccc(-n2ccnc2)c([N+](=O)[O-])c1. The number of ether oxygens (including phenoxy) is 1. The number of carbonyl (C=O) groups is 1. The van der Waals surface area contributed by atoms with Crippen molar-refractivity contribution >= 4 is 11.6 Å². The molecule has 8 heteroatoms. The summed E-state index contributed by atoms with van der Waals surface area (Å²) in [6, 6.07) is 12.0. The standard InChI is InChI=1S/C19H18N4O4/c1-27-12-16-5-3-2-4-15(16)11-21-19(24)14-6-7-17(18(10-14)23(25)26)22-9-8-20-13-22/h2-10,13H,11-12H2,1H3,(H,21,24). The second kappa shape index (κ2) is 8.24. The molecule has 0 saturated carbocycles. The van der Waals surface area contributed by atoms with Crippen molar-refractivity contribution in [3.8, 4) is 5.69 Å². The quantitative estimate of drug-likeness (QED) is 0.512. The van der Waals surface area contributed by atoms with Crippen molar-refractivity contribution in [1.82, 2.24) is 14.9 Å². The summed E-state index contributed by atoms with van der Waals surface area (Å²) in [4.78, 5) is 27.3. The molecule has 1 heterocycles. The zero-order valence-electron chi connectivity index (χ0n) is 14.7. The van der Waals surface area contributed by atoms with E-state index in [1.54, 1.807) is 19.4 Å². The van der Waals surface area contributed by atoms with E-state index in [9.17, 15) is 14.9 Å². The van der Waals surface area contributed by atoms with E-state index in [1.165, 1.54) is 29.2 Å². The Balaban J connectivity index is 1.79. The highest BCUT2D eigenvalue weighted by Crippen LogP contribution is 2.24. The number of imidazole rings is 1. The van der Waals surface area contributed by atoms with Gasteiger partial charge in [-0.25, -0.2) is 4.98 Å². The van der Waals surface area contributed by atoms with Gasteiger partial charge < -0.3 is 14.6 Å². The number of rotatable bonds is 7. The van der Waals surface area contributed by atoms with Gasteiger partial charge in [-0.1, -0.05) is 24.3 Å². The first kappa shape index (κ1) is 18.3. The molecule has 0 aliphatic carbocycles. The summed E-state index contributed by atoms with van der Waals surface area (Å²) in [5.74, 6) is -0.387. The number of nitrogens with zero attached hydrogens (tertiary/aromatic N) is 3. The average molecular weight is 366 g/mol. The lowest BCUT2D eigenvalue weighted by Gasteiger charge is -2.11. The Hall–Kier alpha value is -3.52. The third-order valence-electron chi connectivity index (χ3n) is 4.07. The van der Waals surface area contributed by atoms with Crippen molar-refractivity contribution < 1.29 is 14.5 Å². The molecule has 0 radical (unpaired) electrons. The Morgan fingerprint density at radius 2 is 2.04 bits per heavy atom. The van der Waals surface area contributed by atoms with Crippen molar-refractivity contribution in [2.45, 2.75) is 13.2 Å². The largest absolute Gasteiger partial charge is 0.380 e. The van der Waals surface area contributed by atoms with Crippen LogP contribution in [-0.2, 0) is 17.9 Å². The first-order valence-corrected chi connectivity index (χ1v) is 8.21. The van der Waals surface area contributed by atoms with E-state index in [-0.39, 0.29) is 17.2 Å². The van der Waals surface area contributed by atoms with E-state index in [0.717, 1.165) is 11.1 Å². The minimum absolute atomic E-state index is 0.166. The molecule has 0 aliphatic heterocycles. The third kappa shape index (κ3) is 4.18. The highest BCUT2D eigenvalue weighted by Gasteiger charge is 2.18. The molecule has 3 rings (SSSR count). The fourth-order valence-electron chi connectivity index (χ4n) is 2.73. The molecule has 3 aromatic rings. The van der Waals surface area contributed by atoms with Gasteiger partial charge in [-0.05, 0) is 23.3 Å². The van der Waals surface area contributed by atoms with Gasteiger partial charge in [0.25, 0.3) is 11.6 Å². The Morgan fingerprint density at radius 1 is 1.26 bits per heavy atom. The van der Waals surface area contributed by atoms with Gasteiger partial charge in [-0.15, -0.1) is 0 Å². The van der Waals surface area contributed by atoms with Crippen molar-refractivity contribution in [3.63, 3.8) is 0 Å². The van der Waals surface area contributed by atoms with Gasteiger partial charge in [0, 0.05) is 37.7 Å². The molecule has 1 N–H and O–H groups in total. The second-order valence-electron chi connectivity index (χ2n) is 5.81. The van der Waals surface area contributed by atoms with E-state index < -0.39 is 4.92 Å². The molecule has 0 saturated heterocycles. The Morgan fingerprint density at radius 3 is 2.70 bits per heavy atom. The molecular formula is C19H18N4O4. The minimum Gasteiger partial charge on any atom is -0.380 e. The summed E-state index contributed by atoms with van der Waals surface area (Å²) in [6.45, 7) is 0.743. The van der Waals surface area contributed by atoms with Gasteiger partial charge in [0.2, 0.25) is 0 Å². The van der Waals surface area contributed by atoms with Gasteiger partial charge >= 0.3 is 0 Å². The fraction of sp³-hybridized carbons (Fsp3) is 0.158. The Labute approximate surface area is 155 Å². The van der Waals surface area contributed by atoms with Crippen molar-refractivity contribution in [1.29, 1.82) is 0 Å². The van der Waals surface area contributed by atoms with Gasteiger partial charge in [0.1, 0.15) is 5.69 Å². The van der Waals surface area contributed by atoms with Crippen molar-refractivity contribution in [2.24, 2.45) is 0 Å². The van der Waals surface area contributed by atoms with Crippen LogP contribution in [-0.4, -0.2) is 27.5 Å². The summed E-state index contributed by atoms with van der Waals surface area (Å²) in [6.07, 6.45) is 4.60. The molecule has 138 valence electrons. The molecule has 8 nitrogen and oxygen atoms in total. The molecule has 0 aliphatic rings. The highest BCUT2D eigenvalue weighted by molar-refractivity contribution is 5.95. The van der Waals surface area contributed by atoms with Crippen molar-refractivity contribution in [3.05, 3.63) is 88.0 Å². The van der Waals surface area contributed by atoms with Crippen LogP contribution >= 0.6 is 0 Å². The number of nitro groups is 1. The normalized spacial score (nSPS) is 10.6. The van der Waals surface area contributed by atoms with Crippen LogP contribution in [0, 0.1) is 10.1 Å². The maximum Gasteiger partial charge on any atom is 0.294 e. The predicted molar refractivity (Wildman–Crippen MR) is 98.5 cm³/mol. The highest BCUT2D eigenvalue weighted by atomic mass is 16.6. The smallest absolute Gasteiger partial charge is 0.294 e. The lowest BCUT2D eigenvalue weighted by atomic mass is 10.1. The van der Waals surface area contributed by atoms with Crippen LogP contribution in [0.4, 0.5) is 5.69 Å². The van der Waals surface area contributed by atoms with Crippen LogP contribution in [0.25, 0.3) is 5.69 Å². The number of aromatic nitrogens is 2.